The smallest absolute Gasteiger partial charge is 0.240 e. The maximum absolute atomic E-state index is 11.1. The molecule has 1 aromatic carbocycles. The summed E-state index contributed by atoms with van der Waals surface area (Å²) < 4.78 is 5.70. The summed E-state index contributed by atoms with van der Waals surface area (Å²) in [6.07, 6.45) is 5.66. The Kier molecular flexibility index (Phi) is 6.22. The van der Waals surface area contributed by atoms with Crippen LogP contribution in [0.4, 0.5) is 0 Å². The first-order chi connectivity index (χ1) is 10.3. The van der Waals surface area contributed by atoms with Crippen molar-refractivity contribution in [3.63, 3.8) is 0 Å². The zero-order valence-electron chi connectivity index (χ0n) is 12.3. The lowest BCUT2D eigenvalue weighted by Crippen LogP contribution is -2.25. The van der Waals surface area contributed by atoms with Gasteiger partial charge in [0.2, 0.25) is 5.91 Å². The van der Waals surface area contributed by atoms with E-state index in [0.717, 1.165) is 49.4 Å². The maximum atomic E-state index is 11.1. The van der Waals surface area contributed by atoms with E-state index < -0.39 is 0 Å². The van der Waals surface area contributed by atoms with Gasteiger partial charge in [-0.2, -0.15) is 5.10 Å². The van der Waals surface area contributed by atoms with Crippen molar-refractivity contribution >= 4 is 11.6 Å². The molecule has 114 valence electrons. The highest BCUT2D eigenvalue weighted by molar-refractivity contribution is 6.04. The van der Waals surface area contributed by atoms with Gasteiger partial charge in [-0.1, -0.05) is 12.8 Å². The largest absolute Gasteiger partial charge is 0.494 e. The molecule has 0 spiro atoms. The maximum Gasteiger partial charge on any atom is 0.240 e. The minimum Gasteiger partial charge on any atom is -0.494 e. The summed E-state index contributed by atoms with van der Waals surface area (Å²) in [5.41, 5.74) is 9.92. The zero-order valence-corrected chi connectivity index (χ0v) is 12.3. The fourth-order valence-electron chi connectivity index (χ4n) is 2.22. The molecule has 1 amide bonds. The number of hydrazone groups is 1. The molecule has 0 atom stereocenters. The van der Waals surface area contributed by atoms with Gasteiger partial charge in [-0.3, -0.25) is 4.79 Å². The molecule has 0 aliphatic carbocycles. The van der Waals surface area contributed by atoms with Gasteiger partial charge in [0.25, 0.3) is 0 Å². The van der Waals surface area contributed by atoms with Crippen LogP contribution in [0.2, 0.25) is 0 Å². The van der Waals surface area contributed by atoms with Gasteiger partial charge in [0, 0.05) is 12.8 Å². The number of hydrogen-bond donors (Lipinski definition) is 2. The van der Waals surface area contributed by atoms with Gasteiger partial charge >= 0.3 is 0 Å². The van der Waals surface area contributed by atoms with Crippen molar-refractivity contribution in [1.82, 2.24) is 5.43 Å². The first-order valence-electron chi connectivity index (χ1n) is 7.58. The minimum atomic E-state index is -0.0201. The number of nitrogens with one attached hydrogen (secondary N) is 1. The van der Waals surface area contributed by atoms with Gasteiger partial charge in [0.05, 0.1) is 12.3 Å². The minimum absolute atomic E-state index is 0.0201. The second-order valence-corrected chi connectivity index (χ2v) is 5.17. The topological polar surface area (TPSA) is 76.7 Å². The van der Waals surface area contributed by atoms with Crippen LogP contribution >= 0.6 is 0 Å². The summed E-state index contributed by atoms with van der Waals surface area (Å²) in [5, 5.41) is 4.08. The summed E-state index contributed by atoms with van der Waals surface area (Å²) in [7, 11) is 0. The Balaban J connectivity index is 1.75. The van der Waals surface area contributed by atoms with Gasteiger partial charge in [-0.05, 0) is 49.2 Å². The van der Waals surface area contributed by atoms with Crippen molar-refractivity contribution in [2.24, 2.45) is 10.8 Å². The standard InChI is InChI=1S/C16H23N3O2/c17-11-3-1-2-4-12-21-14-7-5-13(6-8-14)15-9-10-16(20)19-18-15/h5-8H,1-4,9-12,17H2,(H,19,20). The van der Waals surface area contributed by atoms with Crippen LogP contribution in [0.25, 0.3) is 0 Å². The lowest BCUT2D eigenvalue weighted by atomic mass is 10.0. The van der Waals surface area contributed by atoms with E-state index in [0.29, 0.717) is 12.8 Å². The Labute approximate surface area is 125 Å². The number of ether oxygens (including phenoxy) is 1. The molecule has 0 unspecified atom stereocenters. The van der Waals surface area contributed by atoms with Crippen molar-refractivity contribution in [2.45, 2.75) is 38.5 Å². The van der Waals surface area contributed by atoms with E-state index in [4.69, 9.17) is 10.5 Å². The lowest BCUT2D eigenvalue weighted by molar-refractivity contribution is -0.121. The molecular weight excluding hydrogens is 266 g/mol. The molecule has 5 heteroatoms. The third-order valence-corrected chi connectivity index (χ3v) is 3.46. The number of carbonyl (C=O) groups excluding carboxylic acids is 1. The number of hydrogen-bond acceptors (Lipinski definition) is 4. The van der Waals surface area contributed by atoms with Crippen molar-refractivity contribution in [3.05, 3.63) is 29.8 Å². The molecular formula is C16H23N3O2. The van der Waals surface area contributed by atoms with E-state index in [-0.39, 0.29) is 5.91 Å². The monoisotopic (exact) mass is 289 g/mol. The third kappa shape index (κ3) is 5.19. The molecule has 2 rings (SSSR count). The average molecular weight is 289 g/mol. The lowest BCUT2D eigenvalue weighted by Gasteiger charge is -2.12. The van der Waals surface area contributed by atoms with Crippen LogP contribution in [-0.2, 0) is 4.79 Å². The molecule has 1 aliphatic rings. The van der Waals surface area contributed by atoms with E-state index in [1.165, 1.54) is 6.42 Å². The number of amides is 1. The summed E-state index contributed by atoms with van der Waals surface area (Å²) >= 11 is 0. The fourth-order valence-corrected chi connectivity index (χ4v) is 2.22. The fraction of sp³-hybridized carbons (Fsp3) is 0.500. The van der Waals surface area contributed by atoms with E-state index in [2.05, 4.69) is 10.5 Å². The third-order valence-electron chi connectivity index (χ3n) is 3.46. The molecule has 21 heavy (non-hydrogen) atoms. The predicted molar refractivity (Wildman–Crippen MR) is 83.4 cm³/mol. The summed E-state index contributed by atoms with van der Waals surface area (Å²) in [6, 6.07) is 7.88. The Morgan fingerprint density at radius 2 is 1.86 bits per heavy atom. The summed E-state index contributed by atoms with van der Waals surface area (Å²) in [6.45, 7) is 1.51. The van der Waals surface area contributed by atoms with Gasteiger partial charge < -0.3 is 10.5 Å². The molecule has 3 N–H and O–H groups in total. The van der Waals surface area contributed by atoms with Gasteiger partial charge in [-0.25, -0.2) is 5.43 Å². The Morgan fingerprint density at radius 3 is 2.52 bits per heavy atom. The van der Waals surface area contributed by atoms with Crippen molar-refractivity contribution in [1.29, 1.82) is 0 Å². The summed E-state index contributed by atoms with van der Waals surface area (Å²) in [4.78, 5) is 11.1. The first-order valence-corrected chi connectivity index (χ1v) is 7.58. The van der Waals surface area contributed by atoms with E-state index in [1.807, 2.05) is 24.3 Å². The van der Waals surface area contributed by atoms with Crippen LogP contribution in [-0.4, -0.2) is 24.8 Å². The molecule has 0 saturated heterocycles. The van der Waals surface area contributed by atoms with Crippen molar-refractivity contribution in [2.75, 3.05) is 13.2 Å². The number of rotatable bonds is 8. The quantitative estimate of drug-likeness (QED) is 0.720. The number of nitrogens with zero attached hydrogens (tertiary/aromatic N) is 1. The second-order valence-electron chi connectivity index (χ2n) is 5.17. The normalized spacial score (nSPS) is 14.5. The Bertz CT molecular complexity index is 483. The molecule has 0 aromatic heterocycles. The van der Waals surface area contributed by atoms with Gasteiger partial charge in [0.1, 0.15) is 5.75 Å². The highest BCUT2D eigenvalue weighted by atomic mass is 16.5. The van der Waals surface area contributed by atoms with Crippen LogP contribution in [0.5, 0.6) is 5.75 Å². The molecule has 0 bridgehead atoms. The van der Waals surface area contributed by atoms with Crippen molar-refractivity contribution in [3.8, 4) is 5.75 Å². The molecule has 0 saturated carbocycles. The molecule has 0 fully saturated rings. The molecule has 0 radical (unpaired) electrons. The second kappa shape index (κ2) is 8.42. The van der Waals surface area contributed by atoms with Crippen LogP contribution in [0, 0.1) is 0 Å². The number of nitrogens with two attached hydrogens (primary N) is 1. The van der Waals surface area contributed by atoms with Crippen LogP contribution < -0.4 is 15.9 Å². The first kappa shape index (κ1) is 15.5. The summed E-state index contributed by atoms with van der Waals surface area (Å²) in [5.74, 6) is 0.853. The average Bonchev–Trinajstić information content (AvgIpc) is 2.52. The number of unbranched alkanes of at least 4 members (excludes halogenated alkanes) is 3. The SMILES string of the molecule is NCCCCCCOc1ccc(C2=NNC(=O)CC2)cc1. The van der Waals surface area contributed by atoms with E-state index in [9.17, 15) is 4.79 Å². The van der Waals surface area contributed by atoms with Gasteiger partial charge in [0.15, 0.2) is 0 Å². The predicted octanol–water partition coefficient (Wildman–Crippen LogP) is 2.20. The molecule has 1 heterocycles. The highest BCUT2D eigenvalue weighted by Crippen LogP contribution is 2.16. The van der Waals surface area contributed by atoms with E-state index in [1.54, 1.807) is 0 Å². The van der Waals surface area contributed by atoms with E-state index >= 15 is 0 Å². The Hall–Kier alpha value is -1.88. The van der Waals surface area contributed by atoms with Crippen molar-refractivity contribution < 1.29 is 9.53 Å². The van der Waals surface area contributed by atoms with Crippen LogP contribution in [0.1, 0.15) is 44.1 Å². The van der Waals surface area contributed by atoms with Crippen LogP contribution in [0.3, 0.4) is 0 Å². The Morgan fingerprint density at radius 1 is 1.10 bits per heavy atom. The zero-order chi connectivity index (χ0) is 14.9. The highest BCUT2D eigenvalue weighted by Gasteiger charge is 2.12. The van der Waals surface area contributed by atoms with Crippen LogP contribution in [0.15, 0.2) is 29.4 Å². The number of benzene rings is 1. The molecule has 5 nitrogen and oxygen atoms in total. The van der Waals surface area contributed by atoms with Gasteiger partial charge in [-0.15, -0.1) is 0 Å². The molecule has 1 aliphatic heterocycles. The molecule has 1 aromatic rings. The number of carbonyl (C=O) groups is 1.